The first-order chi connectivity index (χ1) is 17.5. The molecular formula is C28H31N3O6. The Kier molecular flexibility index (Phi) is 8.90. The Bertz CT molecular complexity index is 1220. The number of nitrogens with zero attached hydrogens (tertiary/aromatic N) is 2. The van der Waals surface area contributed by atoms with E-state index in [9.17, 15) is 19.2 Å². The number of fused-ring (bicyclic) bond motifs is 1. The SMILES string of the molecule is CC(C)(C)OC(=O)NCCCC#Cc1ccc2c(c1)C(=O)N(CCC(=O)O)CC(=O)N2c1ccccc1. The van der Waals surface area contributed by atoms with Gasteiger partial charge in [0.2, 0.25) is 0 Å². The molecule has 0 aromatic heterocycles. The van der Waals surface area contributed by atoms with E-state index in [1.54, 1.807) is 63.2 Å². The van der Waals surface area contributed by atoms with Crippen LogP contribution < -0.4 is 10.2 Å². The van der Waals surface area contributed by atoms with Gasteiger partial charge in [-0.3, -0.25) is 19.3 Å². The van der Waals surface area contributed by atoms with Gasteiger partial charge in [-0.1, -0.05) is 30.0 Å². The largest absolute Gasteiger partial charge is 0.481 e. The standard InChI is InChI=1S/C28H31N3O6/c1-28(2,3)37-27(36)29-16-9-5-6-10-20-13-14-23-22(18-20)26(35)30(17-15-25(33)34)19-24(32)31(23)21-11-7-4-8-12-21/h4,7-8,11-14,18H,5,9,15-17,19H2,1-3H3,(H,29,36)(H,33,34). The Hall–Kier alpha value is -4.32. The molecule has 9 nitrogen and oxygen atoms in total. The van der Waals surface area contributed by atoms with Crippen LogP contribution in [0.2, 0.25) is 0 Å². The Labute approximate surface area is 216 Å². The van der Waals surface area contributed by atoms with Gasteiger partial charge in [0.25, 0.3) is 11.8 Å². The molecule has 0 aliphatic carbocycles. The van der Waals surface area contributed by atoms with Crippen LogP contribution in [0, 0.1) is 11.8 Å². The number of carboxylic acid groups (broad SMARTS) is 1. The molecule has 3 amide bonds. The third-order valence-electron chi connectivity index (χ3n) is 5.32. The number of carbonyl (C=O) groups excluding carboxylic acids is 3. The number of alkyl carbamates (subject to hydrolysis) is 1. The molecule has 1 heterocycles. The molecular weight excluding hydrogens is 474 g/mol. The van der Waals surface area contributed by atoms with Gasteiger partial charge in [0, 0.05) is 30.8 Å². The maximum absolute atomic E-state index is 13.4. The molecule has 1 aliphatic rings. The van der Waals surface area contributed by atoms with E-state index in [2.05, 4.69) is 17.2 Å². The zero-order chi connectivity index (χ0) is 27.0. The highest BCUT2D eigenvalue weighted by Gasteiger charge is 2.32. The number of para-hydroxylation sites is 1. The van der Waals surface area contributed by atoms with E-state index in [4.69, 9.17) is 9.84 Å². The number of carbonyl (C=O) groups is 4. The highest BCUT2D eigenvalue weighted by Crippen LogP contribution is 2.33. The summed E-state index contributed by atoms with van der Waals surface area (Å²) in [7, 11) is 0. The molecule has 0 fully saturated rings. The van der Waals surface area contributed by atoms with Gasteiger partial charge in [-0.2, -0.15) is 0 Å². The van der Waals surface area contributed by atoms with Gasteiger partial charge >= 0.3 is 12.1 Å². The minimum atomic E-state index is -1.05. The number of hydrogen-bond donors (Lipinski definition) is 2. The maximum Gasteiger partial charge on any atom is 0.407 e. The quantitative estimate of drug-likeness (QED) is 0.435. The fraction of sp³-hybridized carbons (Fsp3) is 0.357. The Morgan fingerprint density at radius 3 is 2.51 bits per heavy atom. The molecule has 2 aromatic rings. The van der Waals surface area contributed by atoms with E-state index < -0.39 is 23.6 Å². The topological polar surface area (TPSA) is 116 Å². The summed E-state index contributed by atoms with van der Waals surface area (Å²) in [5, 5.41) is 11.8. The molecule has 0 unspecified atom stereocenters. The van der Waals surface area contributed by atoms with Gasteiger partial charge in [0.05, 0.1) is 17.7 Å². The number of nitrogens with one attached hydrogen (secondary N) is 1. The lowest BCUT2D eigenvalue weighted by molar-refractivity contribution is -0.137. The average molecular weight is 506 g/mol. The van der Waals surface area contributed by atoms with Crippen molar-refractivity contribution in [3.63, 3.8) is 0 Å². The van der Waals surface area contributed by atoms with Crippen molar-refractivity contribution in [1.29, 1.82) is 0 Å². The van der Waals surface area contributed by atoms with Crippen molar-refractivity contribution in [3.8, 4) is 11.8 Å². The number of anilines is 2. The molecule has 1 aliphatic heterocycles. The van der Waals surface area contributed by atoms with Crippen LogP contribution in [0.5, 0.6) is 0 Å². The van der Waals surface area contributed by atoms with Crippen LogP contribution in [0.15, 0.2) is 48.5 Å². The van der Waals surface area contributed by atoms with Crippen LogP contribution in [0.25, 0.3) is 0 Å². The molecule has 0 atom stereocenters. The molecule has 0 bridgehead atoms. The van der Waals surface area contributed by atoms with Crippen LogP contribution >= 0.6 is 0 Å². The van der Waals surface area contributed by atoms with Crippen molar-refractivity contribution < 1.29 is 29.0 Å². The average Bonchev–Trinajstić information content (AvgIpc) is 2.93. The second-order valence-electron chi connectivity index (χ2n) is 9.50. The predicted molar refractivity (Wildman–Crippen MR) is 139 cm³/mol. The van der Waals surface area contributed by atoms with Gasteiger partial charge in [-0.25, -0.2) is 4.79 Å². The smallest absolute Gasteiger partial charge is 0.407 e. The van der Waals surface area contributed by atoms with E-state index in [1.165, 1.54) is 9.80 Å². The van der Waals surface area contributed by atoms with Gasteiger partial charge in [-0.15, -0.1) is 0 Å². The summed E-state index contributed by atoms with van der Waals surface area (Å²) >= 11 is 0. The molecule has 3 rings (SSSR count). The van der Waals surface area contributed by atoms with Gasteiger partial charge in [0.15, 0.2) is 0 Å². The van der Waals surface area contributed by atoms with Crippen molar-refractivity contribution >= 4 is 35.3 Å². The molecule has 2 aromatic carbocycles. The number of benzene rings is 2. The van der Waals surface area contributed by atoms with Crippen molar-refractivity contribution in [2.45, 2.75) is 45.6 Å². The van der Waals surface area contributed by atoms with Crippen molar-refractivity contribution in [2.75, 3.05) is 24.5 Å². The molecule has 37 heavy (non-hydrogen) atoms. The van der Waals surface area contributed by atoms with Crippen LogP contribution in [0.4, 0.5) is 16.2 Å². The van der Waals surface area contributed by atoms with Crippen LogP contribution in [-0.4, -0.2) is 59.1 Å². The third-order valence-corrected chi connectivity index (χ3v) is 5.32. The zero-order valence-corrected chi connectivity index (χ0v) is 21.2. The Balaban J connectivity index is 1.78. The maximum atomic E-state index is 13.4. The fourth-order valence-corrected chi connectivity index (χ4v) is 3.71. The number of rotatable bonds is 7. The molecule has 0 saturated heterocycles. The summed E-state index contributed by atoms with van der Waals surface area (Å²) in [6.45, 7) is 5.49. The summed E-state index contributed by atoms with van der Waals surface area (Å²) in [5.41, 5.74) is 1.34. The van der Waals surface area contributed by atoms with E-state index >= 15 is 0 Å². The second kappa shape index (κ2) is 12.1. The molecule has 0 spiro atoms. The van der Waals surface area contributed by atoms with Crippen LogP contribution in [0.1, 0.15) is 56.0 Å². The van der Waals surface area contributed by atoms with E-state index in [1.807, 2.05) is 6.07 Å². The summed E-state index contributed by atoms with van der Waals surface area (Å²) in [5.74, 6) is 4.26. The second-order valence-corrected chi connectivity index (χ2v) is 9.50. The minimum Gasteiger partial charge on any atom is -0.481 e. The molecule has 9 heteroatoms. The number of carboxylic acids is 1. The highest BCUT2D eigenvalue weighted by molar-refractivity contribution is 6.13. The summed E-state index contributed by atoms with van der Waals surface area (Å²) < 4.78 is 5.19. The van der Waals surface area contributed by atoms with Gasteiger partial charge in [-0.05, 0) is 57.5 Å². The van der Waals surface area contributed by atoms with Crippen molar-refractivity contribution in [1.82, 2.24) is 10.2 Å². The van der Waals surface area contributed by atoms with Gasteiger partial charge < -0.3 is 20.1 Å². The lowest BCUT2D eigenvalue weighted by Crippen LogP contribution is -2.38. The van der Waals surface area contributed by atoms with Crippen molar-refractivity contribution in [2.24, 2.45) is 0 Å². The number of aliphatic carboxylic acids is 1. The zero-order valence-electron chi connectivity index (χ0n) is 21.2. The normalized spacial score (nSPS) is 13.3. The summed E-state index contributed by atoms with van der Waals surface area (Å²) in [4.78, 5) is 52.1. The lowest BCUT2D eigenvalue weighted by atomic mass is 10.1. The molecule has 0 radical (unpaired) electrons. The monoisotopic (exact) mass is 505 g/mol. The highest BCUT2D eigenvalue weighted by atomic mass is 16.6. The number of unbranched alkanes of at least 4 members (excludes halogenated alkanes) is 1. The number of ether oxygens (including phenoxy) is 1. The summed E-state index contributed by atoms with van der Waals surface area (Å²) in [6.07, 6.45) is 0.390. The Morgan fingerprint density at radius 1 is 1.11 bits per heavy atom. The van der Waals surface area contributed by atoms with E-state index in [0.29, 0.717) is 36.3 Å². The van der Waals surface area contributed by atoms with E-state index in [0.717, 1.165) is 0 Å². The molecule has 0 saturated carbocycles. The van der Waals surface area contributed by atoms with E-state index in [-0.39, 0.29) is 31.0 Å². The first kappa shape index (κ1) is 27.3. The first-order valence-corrected chi connectivity index (χ1v) is 12.0. The number of hydrogen-bond acceptors (Lipinski definition) is 5. The van der Waals surface area contributed by atoms with Crippen LogP contribution in [0.3, 0.4) is 0 Å². The predicted octanol–water partition coefficient (Wildman–Crippen LogP) is 3.94. The fourth-order valence-electron chi connectivity index (χ4n) is 3.71. The Morgan fingerprint density at radius 2 is 1.84 bits per heavy atom. The van der Waals surface area contributed by atoms with Crippen molar-refractivity contribution in [3.05, 3.63) is 59.7 Å². The first-order valence-electron chi connectivity index (χ1n) is 12.0. The molecule has 2 N–H and O–H groups in total. The minimum absolute atomic E-state index is 0.0808. The lowest BCUT2D eigenvalue weighted by Gasteiger charge is -2.22. The third kappa shape index (κ3) is 7.84. The van der Waals surface area contributed by atoms with Crippen LogP contribution in [-0.2, 0) is 14.3 Å². The summed E-state index contributed by atoms with van der Waals surface area (Å²) in [6, 6.07) is 14.0. The van der Waals surface area contributed by atoms with Gasteiger partial charge in [0.1, 0.15) is 12.1 Å². The molecule has 194 valence electrons. The number of amides is 3.